The molecule has 0 aliphatic carbocycles. The van der Waals surface area contributed by atoms with Gasteiger partial charge in [-0.3, -0.25) is 5.10 Å². The molecule has 0 aliphatic rings. The molecule has 6 nitrogen and oxygen atoms in total. The molecule has 0 saturated carbocycles. The molecule has 0 fully saturated rings. The molecule has 2 heterocycles. The monoisotopic (exact) mass is 337 g/mol. The van der Waals surface area contributed by atoms with Crippen molar-refractivity contribution >= 4 is 28.9 Å². The van der Waals surface area contributed by atoms with Crippen LogP contribution < -0.4 is 4.74 Å². The molecule has 2 aromatic heterocycles. The number of aromatic nitrogens is 4. The molecule has 3 aromatic rings. The second-order valence-corrected chi connectivity index (χ2v) is 5.97. The van der Waals surface area contributed by atoms with Crippen molar-refractivity contribution in [2.75, 3.05) is 6.26 Å². The van der Waals surface area contributed by atoms with Crippen LogP contribution in [-0.4, -0.2) is 26.4 Å². The molecule has 0 bridgehead atoms. The molecule has 7 heteroatoms. The van der Waals surface area contributed by atoms with E-state index in [2.05, 4.69) is 20.2 Å². The Bertz CT molecular complexity index is 948. The van der Waals surface area contributed by atoms with E-state index in [4.69, 9.17) is 10.00 Å². The van der Waals surface area contributed by atoms with Crippen LogP contribution in [-0.2, 0) is 0 Å². The van der Waals surface area contributed by atoms with Crippen LogP contribution in [0.15, 0.2) is 29.6 Å². The maximum Gasteiger partial charge on any atom is 0.234 e. The van der Waals surface area contributed by atoms with Crippen LogP contribution in [0.1, 0.15) is 16.7 Å². The first-order chi connectivity index (χ1) is 11.6. The number of ether oxygens (including phenoxy) is 1. The Balaban J connectivity index is 2.04. The van der Waals surface area contributed by atoms with Crippen molar-refractivity contribution in [3.63, 3.8) is 0 Å². The van der Waals surface area contributed by atoms with Gasteiger partial charge in [-0.2, -0.15) is 15.3 Å². The molecule has 0 amide bonds. The quantitative estimate of drug-likeness (QED) is 0.439. The second-order valence-electron chi connectivity index (χ2n) is 5.20. The van der Waals surface area contributed by atoms with Gasteiger partial charge in [-0.05, 0) is 55.0 Å². The van der Waals surface area contributed by atoms with Gasteiger partial charge in [0.15, 0.2) is 10.8 Å². The standard InChI is InChI=1S/C17H15N5OS/c1-10-7-12(5-4-6-18)8-11(2)14(10)23-16-13-9-19-22-15(13)20-17(21-16)24-3/h4-5,7-9H,1-3H3,(H,19,20,21,22)/b5-4+. The van der Waals surface area contributed by atoms with Crippen molar-refractivity contribution in [1.29, 1.82) is 5.26 Å². The van der Waals surface area contributed by atoms with Crippen LogP contribution in [0.4, 0.5) is 0 Å². The molecule has 1 N–H and O–H groups in total. The predicted octanol–water partition coefficient (Wildman–Crippen LogP) is 4.02. The molecule has 120 valence electrons. The minimum absolute atomic E-state index is 0.476. The van der Waals surface area contributed by atoms with Gasteiger partial charge in [-0.1, -0.05) is 11.8 Å². The highest BCUT2D eigenvalue weighted by Gasteiger charge is 2.14. The first kappa shape index (κ1) is 16.0. The van der Waals surface area contributed by atoms with Crippen molar-refractivity contribution in [1.82, 2.24) is 20.2 Å². The second kappa shape index (κ2) is 6.72. The lowest BCUT2D eigenvalue weighted by atomic mass is 10.1. The summed E-state index contributed by atoms with van der Waals surface area (Å²) in [6, 6.07) is 5.94. The number of nitrogens with zero attached hydrogens (tertiary/aromatic N) is 4. The summed E-state index contributed by atoms with van der Waals surface area (Å²) in [6.07, 6.45) is 6.80. The number of fused-ring (bicyclic) bond motifs is 1. The van der Waals surface area contributed by atoms with Crippen LogP contribution in [0.25, 0.3) is 17.1 Å². The summed E-state index contributed by atoms with van der Waals surface area (Å²) in [7, 11) is 0. The first-order valence-electron chi connectivity index (χ1n) is 7.22. The lowest BCUT2D eigenvalue weighted by molar-refractivity contribution is 0.456. The number of benzene rings is 1. The molecular weight excluding hydrogens is 322 g/mol. The van der Waals surface area contributed by atoms with Crippen LogP contribution >= 0.6 is 11.8 Å². The maximum atomic E-state index is 8.66. The van der Waals surface area contributed by atoms with Crippen LogP contribution in [0, 0.1) is 25.2 Å². The molecule has 0 aliphatic heterocycles. The van der Waals surface area contributed by atoms with Crippen molar-refractivity contribution in [2.24, 2.45) is 0 Å². The van der Waals surface area contributed by atoms with Crippen molar-refractivity contribution in [3.8, 4) is 17.7 Å². The average molecular weight is 337 g/mol. The third kappa shape index (κ3) is 3.09. The highest BCUT2D eigenvalue weighted by Crippen LogP contribution is 2.33. The summed E-state index contributed by atoms with van der Waals surface area (Å²) >= 11 is 1.44. The Morgan fingerprint density at radius 3 is 2.67 bits per heavy atom. The average Bonchev–Trinajstić information content (AvgIpc) is 3.04. The minimum Gasteiger partial charge on any atom is -0.438 e. The van der Waals surface area contributed by atoms with Crippen LogP contribution in [0.2, 0.25) is 0 Å². The Morgan fingerprint density at radius 1 is 1.25 bits per heavy atom. The molecule has 0 spiro atoms. The van der Waals surface area contributed by atoms with E-state index in [-0.39, 0.29) is 0 Å². The molecule has 0 radical (unpaired) electrons. The van der Waals surface area contributed by atoms with Crippen molar-refractivity contribution in [3.05, 3.63) is 41.1 Å². The van der Waals surface area contributed by atoms with Crippen molar-refractivity contribution < 1.29 is 4.74 Å². The van der Waals surface area contributed by atoms with E-state index >= 15 is 0 Å². The number of nitrogens with one attached hydrogen (secondary N) is 1. The summed E-state index contributed by atoms with van der Waals surface area (Å²) in [5.74, 6) is 1.22. The zero-order chi connectivity index (χ0) is 17.1. The zero-order valence-corrected chi connectivity index (χ0v) is 14.3. The smallest absolute Gasteiger partial charge is 0.234 e. The molecule has 3 rings (SSSR count). The number of aromatic amines is 1. The molecule has 1 aromatic carbocycles. The molecular formula is C17H15N5OS. The normalized spacial score (nSPS) is 11.1. The lowest BCUT2D eigenvalue weighted by Gasteiger charge is -2.13. The van der Waals surface area contributed by atoms with Gasteiger partial charge in [0.2, 0.25) is 5.88 Å². The number of thioether (sulfide) groups is 1. The fourth-order valence-corrected chi connectivity index (χ4v) is 2.79. The zero-order valence-electron chi connectivity index (χ0n) is 13.5. The van der Waals surface area contributed by atoms with E-state index in [1.807, 2.05) is 38.3 Å². The first-order valence-corrected chi connectivity index (χ1v) is 8.45. The topological polar surface area (TPSA) is 87.5 Å². The third-order valence-electron chi connectivity index (χ3n) is 3.47. The number of nitriles is 1. The number of allylic oxidation sites excluding steroid dienone is 1. The highest BCUT2D eigenvalue weighted by atomic mass is 32.2. The largest absolute Gasteiger partial charge is 0.438 e. The minimum atomic E-state index is 0.476. The number of hydrogen-bond acceptors (Lipinski definition) is 6. The van der Waals surface area contributed by atoms with E-state index < -0.39 is 0 Å². The van der Waals surface area contributed by atoms with Crippen LogP contribution in [0.3, 0.4) is 0 Å². The molecule has 0 unspecified atom stereocenters. The summed E-state index contributed by atoms with van der Waals surface area (Å²) in [5.41, 5.74) is 3.54. The fourth-order valence-electron chi connectivity index (χ4n) is 2.43. The van der Waals surface area contributed by atoms with E-state index in [0.717, 1.165) is 27.8 Å². The van der Waals surface area contributed by atoms with E-state index in [0.29, 0.717) is 16.7 Å². The van der Waals surface area contributed by atoms with E-state index in [1.165, 1.54) is 17.8 Å². The predicted molar refractivity (Wildman–Crippen MR) is 94.1 cm³/mol. The van der Waals surface area contributed by atoms with Crippen LogP contribution in [0.5, 0.6) is 11.6 Å². The summed E-state index contributed by atoms with van der Waals surface area (Å²) in [4.78, 5) is 8.82. The van der Waals surface area contributed by atoms with Gasteiger partial charge in [-0.15, -0.1) is 0 Å². The summed E-state index contributed by atoms with van der Waals surface area (Å²) < 4.78 is 6.10. The number of hydrogen-bond donors (Lipinski definition) is 1. The summed E-state index contributed by atoms with van der Waals surface area (Å²) in [5, 5.41) is 16.9. The third-order valence-corrected chi connectivity index (χ3v) is 4.02. The molecule has 0 atom stereocenters. The highest BCUT2D eigenvalue weighted by molar-refractivity contribution is 7.98. The number of aryl methyl sites for hydroxylation is 2. The SMILES string of the molecule is CSc1nc(Oc2c(C)cc(/C=C/C#N)cc2C)c2cn[nH]c2n1. The Hall–Kier alpha value is -2.85. The Morgan fingerprint density at radius 2 is 2.00 bits per heavy atom. The van der Waals surface area contributed by atoms with Gasteiger partial charge in [-0.25, -0.2) is 4.98 Å². The van der Waals surface area contributed by atoms with E-state index in [9.17, 15) is 0 Å². The number of H-pyrrole nitrogens is 1. The van der Waals surface area contributed by atoms with Gasteiger partial charge in [0.05, 0.1) is 12.3 Å². The van der Waals surface area contributed by atoms with Gasteiger partial charge >= 0.3 is 0 Å². The van der Waals surface area contributed by atoms with Gasteiger partial charge < -0.3 is 4.74 Å². The Kier molecular flexibility index (Phi) is 4.49. The lowest BCUT2D eigenvalue weighted by Crippen LogP contribution is -1.97. The Labute approximate surface area is 143 Å². The fraction of sp³-hybridized carbons (Fsp3) is 0.176. The summed E-state index contributed by atoms with van der Waals surface area (Å²) in [6.45, 7) is 3.94. The van der Waals surface area contributed by atoms with Crippen molar-refractivity contribution in [2.45, 2.75) is 19.0 Å². The molecule has 0 saturated heterocycles. The van der Waals surface area contributed by atoms with Gasteiger partial charge in [0.25, 0.3) is 0 Å². The number of rotatable bonds is 4. The molecule has 24 heavy (non-hydrogen) atoms. The van der Waals surface area contributed by atoms with E-state index in [1.54, 1.807) is 12.3 Å². The van der Waals surface area contributed by atoms with Gasteiger partial charge in [0, 0.05) is 6.08 Å². The maximum absolute atomic E-state index is 8.66. The van der Waals surface area contributed by atoms with Gasteiger partial charge in [0.1, 0.15) is 11.1 Å².